The Hall–Kier alpha value is -1.43. The molecule has 3 heteroatoms. The maximum atomic E-state index is 9.13. The number of nitrogen functional groups attached to an aromatic ring is 1. The fourth-order valence-corrected chi connectivity index (χ4v) is 2.97. The van der Waals surface area contributed by atoms with Crippen LogP contribution >= 0.6 is 0 Å². The molecule has 0 unspecified atom stereocenters. The van der Waals surface area contributed by atoms with E-state index >= 15 is 0 Å². The second-order valence-corrected chi connectivity index (χ2v) is 5.37. The molecule has 2 rings (SSSR count). The molecule has 1 fully saturated rings. The standard InChI is InChI=1S/C14H21N3/c1-9-4-6-12(7-5-9)17-11(3)10(2)13(8-15)14(17)16/h9,12H,4-7,16H2,1-3H3. The van der Waals surface area contributed by atoms with Crippen molar-refractivity contribution >= 4 is 5.82 Å². The normalized spacial score (nSPS) is 24.6. The number of anilines is 1. The van der Waals surface area contributed by atoms with Gasteiger partial charge in [0.05, 0.1) is 5.56 Å². The van der Waals surface area contributed by atoms with Gasteiger partial charge in [-0.1, -0.05) is 6.92 Å². The molecule has 1 heterocycles. The third-order valence-electron chi connectivity index (χ3n) is 4.26. The van der Waals surface area contributed by atoms with Crippen LogP contribution in [-0.4, -0.2) is 4.57 Å². The first-order chi connectivity index (χ1) is 8.06. The fraction of sp³-hybridized carbons (Fsp3) is 0.643. The Morgan fingerprint density at radius 1 is 1.24 bits per heavy atom. The Morgan fingerprint density at radius 2 is 1.82 bits per heavy atom. The van der Waals surface area contributed by atoms with E-state index in [9.17, 15) is 0 Å². The molecule has 2 N–H and O–H groups in total. The first-order valence-corrected chi connectivity index (χ1v) is 6.43. The van der Waals surface area contributed by atoms with Crippen LogP contribution in [-0.2, 0) is 0 Å². The van der Waals surface area contributed by atoms with Gasteiger partial charge in [-0.15, -0.1) is 0 Å². The van der Waals surface area contributed by atoms with Crippen LogP contribution in [0, 0.1) is 31.1 Å². The lowest BCUT2D eigenvalue weighted by atomic mass is 9.87. The van der Waals surface area contributed by atoms with Gasteiger partial charge in [0.15, 0.2) is 0 Å². The molecule has 1 aliphatic carbocycles. The van der Waals surface area contributed by atoms with E-state index in [4.69, 9.17) is 11.0 Å². The zero-order chi connectivity index (χ0) is 12.6. The highest BCUT2D eigenvalue weighted by Gasteiger charge is 2.25. The van der Waals surface area contributed by atoms with Gasteiger partial charge < -0.3 is 10.3 Å². The van der Waals surface area contributed by atoms with E-state index in [1.807, 2.05) is 6.92 Å². The molecule has 0 bridgehead atoms. The summed E-state index contributed by atoms with van der Waals surface area (Å²) >= 11 is 0. The summed E-state index contributed by atoms with van der Waals surface area (Å²) in [7, 11) is 0. The topological polar surface area (TPSA) is 54.7 Å². The molecule has 0 saturated heterocycles. The van der Waals surface area contributed by atoms with E-state index < -0.39 is 0 Å². The Balaban J connectivity index is 2.37. The number of nitriles is 1. The number of nitrogens with two attached hydrogens (primary N) is 1. The van der Waals surface area contributed by atoms with E-state index in [1.54, 1.807) is 0 Å². The number of hydrogen-bond donors (Lipinski definition) is 1. The van der Waals surface area contributed by atoms with E-state index in [2.05, 4.69) is 24.5 Å². The van der Waals surface area contributed by atoms with E-state index in [1.165, 1.54) is 31.4 Å². The minimum absolute atomic E-state index is 0.493. The second kappa shape index (κ2) is 4.44. The molecular formula is C14H21N3. The van der Waals surface area contributed by atoms with Crippen LogP contribution in [0.25, 0.3) is 0 Å². The minimum atomic E-state index is 0.493. The monoisotopic (exact) mass is 231 g/mol. The highest BCUT2D eigenvalue weighted by Crippen LogP contribution is 2.37. The summed E-state index contributed by atoms with van der Waals surface area (Å²) < 4.78 is 2.19. The summed E-state index contributed by atoms with van der Waals surface area (Å²) in [4.78, 5) is 0. The van der Waals surface area contributed by atoms with Gasteiger partial charge in [0.1, 0.15) is 11.9 Å². The first kappa shape index (κ1) is 12.0. The van der Waals surface area contributed by atoms with Crippen LogP contribution in [0.15, 0.2) is 0 Å². The second-order valence-electron chi connectivity index (χ2n) is 5.37. The van der Waals surface area contributed by atoms with E-state index in [0.29, 0.717) is 17.4 Å². The SMILES string of the molecule is Cc1c(C#N)c(N)n(C2CCC(C)CC2)c1C. The van der Waals surface area contributed by atoms with Crippen molar-refractivity contribution in [3.8, 4) is 6.07 Å². The summed E-state index contributed by atoms with van der Waals surface area (Å²) in [5.41, 5.74) is 9.00. The average molecular weight is 231 g/mol. The molecule has 0 radical (unpaired) electrons. The lowest BCUT2D eigenvalue weighted by Gasteiger charge is -2.29. The van der Waals surface area contributed by atoms with Gasteiger partial charge in [-0.05, 0) is 51.0 Å². The molecular weight excluding hydrogens is 210 g/mol. The van der Waals surface area contributed by atoms with Crippen LogP contribution in [0.5, 0.6) is 0 Å². The van der Waals surface area contributed by atoms with Gasteiger partial charge in [0, 0.05) is 11.7 Å². The van der Waals surface area contributed by atoms with Gasteiger partial charge in [-0.2, -0.15) is 5.26 Å². The highest BCUT2D eigenvalue weighted by atomic mass is 15.1. The van der Waals surface area contributed by atoms with Crippen molar-refractivity contribution < 1.29 is 0 Å². The molecule has 0 amide bonds. The molecule has 1 saturated carbocycles. The number of aromatic nitrogens is 1. The van der Waals surface area contributed by atoms with Crippen molar-refractivity contribution in [1.82, 2.24) is 4.57 Å². The van der Waals surface area contributed by atoms with Gasteiger partial charge >= 0.3 is 0 Å². The molecule has 92 valence electrons. The number of nitrogens with zero attached hydrogens (tertiary/aromatic N) is 2. The van der Waals surface area contributed by atoms with Crippen molar-refractivity contribution in [2.45, 2.75) is 52.5 Å². The molecule has 1 aromatic heterocycles. The van der Waals surface area contributed by atoms with Crippen LogP contribution in [0.4, 0.5) is 5.82 Å². The third-order valence-corrected chi connectivity index (χ3v) is 4.26. The van der Waals surface area contributed by atoms with Gasteiger partial charge in [0.2, 0.25) is 0 Å². The van der Waals surface area contributed by atoms with E-state index in [-0.39, 0.29) is 0 Å². The highest BCUT2D eigenvalue weighted by molar-refractivity contribution is 5.58. The summed E-state index contributed by atoms with van der Waals surface area (Å²) in [6, 6.07) is 2.72. The summed E-state index contributed by atoms with van der Waals surface area (Å²) in [6.07, 6.45) is 4.90. The van der Waals surface area contributed by atoms with Gasteiger partial charge in [-0.25, -0.2) is 0 Å². The number of rotatable bonds is 1. The lowest BCUT2D eigenvalue weighted by molar-refractivity contribution is 0.289. The largest absolute Gasteiger partial charge is 0.384 e. The maximum absolute atomic E-state index is 9.13. The van der Waals surface area contributed by atoms with Crippen LogP contribution < -0.4 is 5.73 Å². The van der Waals surface area contributed by atoms with E-state index in [0.717, 1.165) is 11.5 Å². The Labute approximate surface area is 103 Å². The van der Waals surface area contributed by atoms with Crippen molar-refractivity contribution in [3.63, 3.8) is 0 Å². The third kappa shape index (κ3) is 1.93. The Bertz CT molecular complexity index is 457. The maximum Gasteiger partial charge on any atom is 0.122 e. The van der Waals surface area contributed by atoms with Crippen LogP contribution in [0.2, 0.25) is 0 Å². The minimum Gasteiger partial charge on any atom is -0.384 e. The van der Waals surface area contributed by atoms with Crippen LogP contribution in [0.3, 0.4) is 0 Å². The smallest absolute Gasteiger partial charge is 0.122 e. The Morgan fingerprint density at radius 3 is 2.29 bits per heavy atom. The molecule has 1 aliphatic rings. The molecule has 0 atom stereocenters. The molecule has 0 aliphatic heterocycles. The van der Waals surface area contributed by atoms with Gasteiger partial charge in [0.25, 0.3) is 0 Å². The Kier molecular flexibility index (Phi) is 3.15. The molecule has 3 nitrogen and oxygen atoms in total. The summed E-state index contributed by atoms with van der Waals surface area (Å²) in [6.45, 7) is 6.38. The fourth-order valence-electron chi connectivity index (χ4n) is 2.97. The van der Waals surface area contributed by atoms with Crippen LogP contribution in [0.1, 0.15) is 55.5 Å². The molecule has 0 aromatic carbocycles. The molecule has 0 spiro atoms. The van der Waals surface area contributed by atoms with Crippen molar-refractivity contribution in [3.05, 3.63) is 16.8 Å². The molecule has 1 aromatic rings. The zero-order valence-corrected chi connectivity index (χ0v) is 11.0. The summed E-state index contributed by atoms with van der Waals surface area (Å²) in [5, 5.41) is 9.13. The quantitative estimate of drug-likeness (QED) is 0.806. The van der Waals surface area contributed by atoms with Crippen molar-refractivity contribution in [2.24, 2.45) is 5.92 Å². The van der Waals surface area contributed by atoms with Crippen molar-refractivity contribution in [1.29, 1.82) is 5.26 Å². The predicted molar refractivity (Wildman–Crippen MR) is 69.7 cm³/mol. The lowest BCUT2D eigenvalue weighted by Crippen LogP contribution is -2.19. The van der Waals surface area contributed by atoms with Gasteiger partial charge in [-0.3, -0.25) is 0 Å². The zero-order valence-electron chi connectivity index (χ0n) is 11.0. The number of hydrogen-bond acceptors (Lipinski definition) is 2. The predicted octanol–water partition coefficient (Wildman–Crippen LogP) is 3.31. The average Bonchev–Trinajstić information content (AvgIpc) is 2.52. The first-order valence-electron chi connectivity index (χ1n) is 6.43. The van der Waals surface area contributed by atoms with Crippen molar-refractivity contribution in [2.75, 3.05) is 5.73 Å². The molecule has 17 heavy (non-hydrogen) atoms. The summed E-state index contributed by atoms with van der Waals surface area (Å²) in [5.74, 6) is 1.50.